The summed E-state index contributed by atoms with van der Waals surface area (Å²) in [6, 6.07) is 30.3. The Labute approximate surface area is 175 Å². The van der Waals surface area contributed by atoms with Crippen molar-refractivity contribution in [3.8, 4) is 5.75 Å². The SMILES string of the molecule is COc1ccccc1/C=C1/C(=O)N(Cc2ccccc2)c2c1ccc1ccccc21. The first kappa shape index (κ1) is 18.2. The first-order chi connectivity index (χ1) is 14.8. The fourth-order valence-electron chi connectivity index (χ4n) is 4.12. The van der Waals surface area contributed by atoms with E-state index in [1.165, 1.54) is 0 Å². The van der Waals surface area contributed by atoms with E-state index in [0.717, 1.165) is 38.9 Å². The van der Waals surface area contributed by atoms with Crippen molar-refractivity contribution in [2.75, 3.05) is 12.0 Å². The van der Waals surface area contributed by atoms with E-state index in [2.05, 4.69) is 36.4 Å². The lowest BCUT2D eigenvalue weighted by atomic mass is 9.99. The van der Waals surface area contributed by atoms with Crippen molar-refractivity contribution in [2.45, 2.75) is 6.54 Å². The molecular formula is C27H21NO2. The third kappa shape index (κ3) is 3.05. The van der Waals surface area contributed by atoms with Crippen molar-refractivity contribution in [1.29, 1.82) is 0 Å². The largest absolute Gasteiger partial charge is 0.496 e. The number of hydrogen-bond acceptors (Lipinski definition) is 2. The molecule has 0 aromatic heterocycles. The standard InChI is InChI=1S/C27H21NO2/c1-30-25-14-8-6-12-21(25)17-24-23-16-15-20-11-5-7-13-22(20)26(23)28(27(24)29)18-19-9-3-2-4-10-19/h2-17H,18H2,1H3/b24-17+. The molecule has 5 rings (SSSR count). The lowest BCUT2D eigenvalue weighted by Gasteiger charge is -2.19. The van der Waals surface area contributed by atoms with E-state index in [1.807, 2.05) is 65.6 Å². The third-order valence-electron chi connectivity index (χ3n) is 5.56. The molecule has 1 heterocycles. The van der Waals surface area contributed by atoms with E-state index < -0.39 is 0 Å². The molecule has 0 saturated heterocycles. The molecule has 0 saturated carbocycles. The summed E-state index contributed by atoms with van der Waals surface area (Å²) < 4.78 is 5.50. The van der Waals surface area contributed by atoms with Crippen molar-refractivity contribution < 1.29 is 9.53 Å². The molecule has 0 N–H and O–H groups in total. The molecule has 3 heteroatoms. The van der Waals surface area contributed by atoms with Crippen LogP contribution in [0, 0.1) is 0 Å². The number of anilines is 1. The highest BCUT2D eigenvalue weighted by Gasteiger charge is 2.34. The van der Waals surface area contributed by atoms with Crippen LogP contribution < -0.4 is 9.64 Å². The van der Waals surface area contributed by atoms with E-state index >= 15 is 0 Å². The van der Waals surface area contributed by atoms with Crippen LogP contribution in [0.25, 0.3) is 22.4 Å². The van der Waals surface area contributed by atoms with Gasteiger partial charge in [0.1, 0.15) is 5.75 Å². The van der Waals surface area contributed by atoms with Crippen LogP contribution in [-0.2, 0) is 11.3 Å². The van der Waals surface area contributed by atoms with E-state index in [4.69, 9.17) is 4.74 Å². The van der Waals surface area contributed by atoms with Crippen LogP contribution >= 0.6 is 0 Å². The maximum Gasteiger partial charge on any atom is 0.259 e. The van der Waals surface area contributed by atoms with Crippen LogP contribution in [0.2, 0.25) is 0 Å². The smallest absolute Gasteiger partial charge is 0.259 e. The van der Waals surface area contributed by atoms with Gasteiger partial charge in [-0.3, -0.25) is 4.79 Å². The van der Waals surface area contributed by atoms with Crippen molar-refractivity contribution >= 4 is 34.0 Å². The number of fused-ring (bicyclic) bond motifs is 3. The summed E-state index contributed by atoms with van der Waals surface area (Å²) in [6.07, 6.45) is 1.94. The zero-order valence-corrected chi connectivity index (χ0v) is 16.7. The minimum atomic E-state index is 0.0103. The van der Waals surface area contributed by atoms with Crippen LogP contribution in [0.3, 0.4) is 0 Å². The summed E-state index contributed by atoms with van der Waals surface area (Å²) in [5.41, 5.74) is 4.62. The van der Waals surface area contributed by atoms with Gasteiger partial charge in [-0.15, -0.1) is 0 Å². The average Bonchev–Trinajstić information content (AvgIpc) is 3.06. The number of ether oxygens (including phenoxy) is 1. The molecule has 0 fully saturated rings. The molecule has 30 heavy (non-hydrogen) atoms. The average molecular weight is 391 g/mol. The third-order valence-corrected chi connectivity index (χ3v) is 5.56. The van der Waals surface area contributed by atoms with Gasteiger partial charge in [0.05, 0.1) is 19.3 Å². The molecule has 1 aliphatic rings. The number of nitrogens with zero attached hydrogens (tertiary/aromatic N) is 1. The summed E-state index contributed by atoms with van der Waals surface area (Å²) in [5.74, 6) is 0.762. The summed E-state index contributed by atoms with van der Waals surface area (Å²) in [5, 5.41) is 2.21. The summed E-state index contributed by atoms with van der Waals surface area (Å²) in [4.78, 5) is 15.5. The number of carbonyl (C=O) groups is 1. The summed E-state index contributed by atoms with van der Waals surface area (Å²) in [6.45, 7) is 0.532. The number of hydrogen-bond donors (Lipinski definition) is 0. The molecule has 0 spiro atoms. The Kier molecular flexibility index (Phi) is 4.56. The lowest BCUT2D eigenvalue weighted by molar-refractivity contribution is -0.113. The molecule has 3 nitrogen and oxygen atoms in total. The van der Waals surface area contributed by atoms with E-state index in [0.29, 0.717) is 12.1 Å². The highest BCUT2D eigenvalue weighted by Crippen LogP contribution is 2.43. The molecule has 1 amide bonds. The minimum Gasteiger partial charge on any atom is -0.496 e. The van der Waals surface area contributed by atoms with Gasteiger partial charge >= 0.3 is 0 Å². The Bertz CT molecular complexity index is 1270. The number of methoxy groups -OCH3 is 1. The highest BCUT2D eigenvalue weighted by atomic mass is 16.5. The number of benzene rings is 4. The van der Waals surface area contributed by atoms with Gasteiger partial charge in [-0.2, -0.15) is 0 Å². The molecule has 0 unspecified atom stereocenters. The zero-order valence-electron chi connectivity index (χ0n) is 16.7. The second-order valence-corrected chi connectivity index (χ2v) is 7.36. The highest BCUT2D eigenvalue weighted by molar-refractivity contribution is 6.38. The van der Waals surface area contributed by atoms with Gasteiger partial charge in [0.15, 0.2) is 0 Å². The van der Waals surface area contributed by atoms with E-state index in [1.54, 1.807) is 7.11 Å². The van der Waals surface area contributed by atoms with Crippen molar-refractivity contribution in [3.63, 3.8) is 0 Å². The quantitative estimate of drug-likeness (QED) is 0.403. The Hall–Kier alpha value is -3.85. The number of para-hydroxylation sites is 1. The Morgan fingerprint density at radius 3 is 2.40 bits per heavy atom. The van der Waals surface area contributed by atoms with Gasteiger partial charge in [0, 0.05) is 22.1 Å². The molecule has 4 aromatic rings. The van der Waals surface area contributed by atoms with Crippen molar-refractivity contribution in [3.05, 3.63) is 108 Å². The fraction of sp³-hybridized carbons (Fsp3) is 0.0741. The van der Waals surface area contributed by atoms with Gasteiger partial charge in [0.25, 0.3) is 5.91 Å². The van der Waals surface area contributed by atoms with Gasteiger partial charge in [-0.1, -0.05) is 84.9 Å². The molecule has 0 bridgehead atoms. The Morgan fingerprint density at radius 1 is 0.833 bits per heavy atom. The van der Waals surface area contributed by atoms with Crippen molar-refractivity contribution in [1.82, 2.24) is 0 Å². The van der Waals surface area contributed by atoms with Gasteiger partial charge in [-0.05, 0) is 23.1 Å². The van der Waals surface area contributed by atoms with Crippen LogP contribution in [0.15, 0.2) is 91.0 Å². The summed E-state index contributed by atoms with van der Waals surface area (Å²) >= 11 is 0. The van der Waals surface area contributed by atoms with Crippen LogP contribution in [-0.4, -0.2) is 13.0 Å². The number of carbonyl (C=O) groups excluding carboxylic acids is 1. The minimum absolute atomic E-state index is 0.0103. The molecule has 146 valence electrons. The lowest BCUT2D eigenvalue weighted by Crippen LogP contribution is -2.25. The van der Waals surface area contributed by atoms with Crippen LogP contribution in [0.4, 0.5) is 5.69 Å². The Balaban J connectivity index is 1.71. The maximum absolute atomic E-state index is 13.6. The molecule has 0 atom stereocenters. The topological polar surface area (TPSA) is 29.5 Å². The predicted octanol–water partition coefficient (Wildman–Crippen LogP) is 5.94. The van der Waals surface area contributed by atoms with Crippen LogP contribution in [0.1, 0.15) is 16.7 Å². The Morgan fingerprint density at radius 2 is 1.57 bits per heavy atom. The summed E-state index contributed by atoms with van der Waals surface area (Å²) in [7, 11) is 1.65. The van der Waals surface area contributed by atoms with Gasteiger partial charge < -0.3 is 9.64 Å². The zero-order chi connectivity index (χ0) is 20.5. The number of amides is 1. The first-order valence-electron chi connectivity index (χ1n) is 9.99. The molecule has 4 aromatic carbocycles. The van der Waals surface area contributed by atoms with Crippen molar-refractivity contribution in [2.24, 2.45) is 0 Å². The van der Waals surface area contributed by atoms with Crippen LogP contribution in [0.5, 0.6) is 5.75 Å². The van der Waals surface area contributed by atoms with Gasteiger partial charge in [0.2, 0.25) is 0 Å². The van der Waals surface area contributed by atoms with E-state index in [-0.39, 0.29) is 5.91 Å². The normalized spacial score (nSPS) is 14.4. The van der Waals surface area contributed by atoms with Gasteiger partial charge in [-0.25, -0.2) is 0 Å². The fourth-order valence-corrected chi connectivity index (χ4v) is 4.12. The second kappa shape index (κ2) is 7.53. The predicted molar refractivity (Wildman–Crippen MR) is 122 cm³/mol. The molecular weight excluding hydrogens is 370 g/mol. The molecule has 1 aliphatic heterocycles. The molecule has 0 radical (unpaired) electrons. The monoisotopic (exact) mass is 391 g/mol. The first-order valence-corrected chi connectivity index (χ1v) is 9.99. The second-order valence-electron chi connectivity index (χ2n) is 7.36. The van der Waals surface area contributed by atoms with E-state index in [9.17, 15) is 4.79 Å². The molecule has 0 aliphatic carbocycles. The number of rotatable bonds is 4. The maximum atomic E-state index is 13.6.